The molecule has 2 aromatic rings. The molecule has 6 nitrogen and oxygen atoms in total. The van der Waals surface area contributed by atoms with Gasteiger partial charge in [0.25, 0.3) is 0 Å². The average molecular weight is 311 g/mol. The van der Waals surface area contributed by atoms with Crippen LogP contribution in [0.5, 0.6) is 0 Å². The van der Waals surface area contributed by atoms with Crippen molar-refractivity contribution in [3.63, 3.8) is 0 Å². The molecule has 0 radical (unpaired) electrons. The molecule has 1 heterocycles. The van der Waals surface area contributed by atoms with Gasteiger partial charge in [0, 0.05) is 6.54 Å². The van der Waals surface area contributed by atoms with E-state index in [4.69, 9.17) is 0 Å². The van der Waals surface area contributed by atoms with Crippen LogP contribution in [0.15, 0.2) is 30.6 Å². The molecule has 2 aliphatic rings. The highest BCUT2D eigenvalue weighted by atomic mass is 16.1. The number of nitrogens with zero attached hydrogens (tertiary/aromatic N) is 4. The van der Waals surface area contributed by atoms with Gasteiger partial charge in [-0.1, -0.05) is 18.6 Å². The van der Waals surface area contributed by atoms with E-state index < -0.39 is 0 Å². The molecule has 2 saturated carbocycles. The second-order valence-corrected chi connectivity index (χ2v) is 6.84. The predicted molar refractivity (Wildman–Crippen MR) is 84.8 cm³/mol. The fourth-order valence-corrected chi connectivity index (χ4v) is 4.17. The van der Waals surface area contributed by atoms with Gasteiger partial charge in [-0.15, -0.1) is 5.10 Å². The van der Waals surface area contributed by atoms with Crippen molar-refractivity contribution in [2.24, 2.45) is 17.8 Å². The van der Waals surface area contributed by atoms with E-state index >= 15 is 0 Å². The number of hydrogen-bond acceptors (Lipinski definition) is 4. The van der Waals surface area contributed by atoms with E-state index in [2.05, 4.69) is 20.8 Å². The van der Waals surface area contributed by atoms with E-state index in [9.17, 15) is 4.79 Å². The van der Waals surface area contributed by atoms with Crippen molar-refractivity contribution in [1.82, 2.24) is 25.5 Å². The van der Waals surface area contributed by atoms with Crippen LogP contribution in [0.1, 0.15) is 31.2 Å². The summed E-state index contributed by atoms with van der Waals surface area (Å²) in [6.07, 6.45) is 7.45. The molecule has 1 amide bonds. The number of nitrogens with one attached hydrogen (secondary N) is 1. The number of rotatable bonds is 5. The Kier molecular flexibility index (Phi) is 3.81. The number of amides is 1. The van der Waals surface area contributed by atoms with Crippen LogP contribution in [0.4, 0.5) is 0 Å². The Bertz CT molecular complexity index is 667. The van der Waals surface area contributed by atoms with Gasteiger partial charge in [0.1, 0.15) is 6.33 Å². The first-order valence-electron chi connectivity index (χ1n) is 8.37. The normalized spacial score (nSPS) is 25.7. The molecule has 1 N–H and O–H groups in total. The van der Waals surface area contributed by atoms with Gasteiger partial charge < -0.3 is 5.32 Å². The molecular formula is C17H21N5O. The average Bonchev–Trinajstić information content (AvgIpc) is 3.31. The number of aromatic nitrogens is 4. The highest BCUT2D eigenvalue weighted by Crippen LogP contribution is 2.47. The van der Waals surface area contributed by atoms with Gasteiger partial charge >= 0.3 is 0 Å². The first-order chi connectivity index (χ1) is 11.3. The lowest BCUT2D eigenvalue weighted by atomic mass is 9.89. The first kappa shape index (κ1) is 14.4. The highest BCUT2D eigenvalue weighted by Gasteiger charge is 2.39. The third-order valence-electron chi connectivity index (χ3n) is 5.36. The molecule has 0 saturated heterocycles. The fraction of sp³-hybridized carbons (Fsp3) is 0.529. The summed E-state index contributed by atoms with van der Waals surface area (Å²) in [7, 11) is 0. The van der Waals surface area contributed by atoms with Crippen LogP contribution in [-0.2, 0) is 11.2 Å². The molecule has 23 heavy (non-hydrogen) atoms. The van der Waals surface area contributed by atoms with Crippen LogP contribution in [0.2, 0.25) is 0 Å². The Morgan fingerprint density at radius 1 is 1.22 bits per heavy atom. The van der Waals surface area contributed by atoms with Crippen molar-refractivity contribution in [3.8, 4) is 5.69 Å². The van der Waals surface area contributed by atoms with E-state index in [1.54, 1.807) is 11.0 Å². The van der Waals surface area contributed by atoms with Crippen LogP contribution in [0, 0.1) is 17.8 Å². The lowest BCUT2D eigenvalue weighted by Crippen LogP contribution is -2.32. The summed E-state index contributed by atoms with van der Waals surface area (Å²) in [5, 5.41) is 14.2. The van der Waals surface area contributed by atoms with Crippen molar-refractivity contribution in [2.75, 3.05) is 6.54 Å². The zero-order chi connectivity index (χ0) is 15.6. The van der Waals surface area contributed by atoms with Crippen LogP contribution in [0.3, 0.4) is 0 Å². The first-order valence-corrected chi connectivity index (χ1v) is 8.37. The van der Waals surface area contributed by atoms with Gasteiger partial charge in [-0.25, -0.2) is 4.68 Å². The van der Waals surface area contributed by atoms with Crippen LogP contribution in [-0.4, -0.2) is 32.7 Å². The Balaban J connectivity index is 1.28. The maximum Gasteiger partial charge on any atom is 0.224 e. The summed E-state index contributed by atoms with van der Waals surface area (Å²) in [5.74, 6) is 2.61. The second-order valence-electron chi connectivity index (χ2n) is 6.84. The van der Waals surface area contributed by atoms with E-state index in [1.807, 2.05) is 24.3 Å². The zero-order valence-electron chi connectivity index (χ0n) is 13.1. The van der Waals surface area contributed by atoms with Crippen molar-refractivity contribution in [2.45, 2.75) is 32.1 Å². The highest BCUT2D eigenvalue weighted by molar-refractivity contribution is 5.78. The van der Waals surface area contributed by atoms with Crippen LogP contribution in [0.25, 0.3) is 5.69 Å². The minimum Gasteiger partial charge on any atom is -0.356 e. The third-order valence-corrected chi connectivity index (χ3v) is 5.36. The Morgan fingerprint density at radius 2 is 2.09 bits per heavy atom. The predicted octanol–water partition coefficient (Wildman–Crippen LogP) is 1.76. The van der Waals surface area contributed by atoms with Gasteiger partial charge in [0.15, 0.2) is 0 Å². The van der Waals surface area contributed by atoms with Crippen molar-refractivity contribution >= 4 is 5.91 Å². The number of carbonyl (C=O) groups is 1. The van der Waals surface area contributed by atoms with E-state index in [-0.39, 0.29) is 5.91 Å². The Labute approximate surface area is 135 Å². The smallest absolute Gasteiger partial charge is 0.224 e. The minimum absolute atomic E-state index is 0.114. The number of fused-ring (bicyclic) bond motifs is 2. The van der Waals surface area contributed by atoms with Gasteiger partial charge in [-0.05, 0) is 65.1 Å². The van der Waals surface area contributed by atoms with Crippen molar-refractivity contribution in [3.05, 3.63) is 36.2 Å². The standard InChI is InChI=1S/C17H21N5O/c23-17(18-10-15-8-13-1-4-14(15)7-13)9-12-2-5-16(6-3-12)22-11-19-20-21-22/h2-3,5-6,11,13-15H,1,4,7-10H2,(H,18,23)/t13-,14-,15-/m0/s1. The summed E-state index contributed by atoms with van der Waals surface area (Å²) in [6, 6.07) is 7.76. The molecule has 0 aliphatic heterocycles. The third kappa shape index (κ3) is 3.11. The molecule has 3 atom stereocenters. The lowest BCUT2D eigenvalue weighted by Gasteiger charge is -2.21. The number of hydrogen-bond donors (Lipinski definition) is 1. The number of carbonyl (C=O) groups excluding carboxylic acids is 1. The number of tetrazole rings is 1. The molecule has 0 unspecified atom stereocenters. The van der Waals surface area contributed by atoms with Gasteiger partial charge in [0.2, 0.25) is 5.91 Å². The van der Waals surface area contributed by atoms with Crippen LogP contribution >= 0.6 is 0 Å². The minimum atomic E-state index is 0.114. The molecule has 2 aliphatic carbocycles. The SMILES string of the molecule is O=C(Cc1ccc(-n2cnnn2)cc1)NC[C@@H]1C[C@H]2CC[C@H]1C2. The summed E-state index contributed by atoms with van der Waals surface area (Å²) in [4.78, 5) is 12.1. The fourth-order valence-electron chi connectivity index (χ4n) is 4.17. The molecule has 1 aromatic heterocycles. The summed E-state index contributed by atoms with van der Waals surface area (Å²) in [5.41, 5.74) is 1.90. The summed E-state index contributed by atoms with van der Waals surface area (Å²) >= 11 is 0. The number of benzene rings is 1. The van der Waals surface area contributed by atoms with Crippen molar-refractivity contribution < 1.29 is 4.79 Å². The molecule has 2 bridgehead atoms. The Hall–Kier alpha value is -2.24. The molecule has 4 rings (SSSR count). The molecule has 2 fully saturated rings. The molecule has 1 aromatic carbocycles. The van der Waals surface area contributed by atoms with Gasteiger partial charge in [-0.2, -0.15) is 0 Å². The largest absolute Gasteiger partial charge is 0.356 e. The molecule has 0 spiro atoms. The Morgan fingerprint density at radius 3 is 2.74 bits per heavy atom. The molecular weight excluding hydrogens is 290 g/mol. The van der Waals surface area contributed by atoms with Crippen LogP contribution < -0.4 is 5.32 Å². The maximum atomic E-state index is 12.1. The van der Waals surface area contributed by atoms with E-state index in [0.29, 0.717) is 12.3 Å². The maximum absolute atomic E-state index is 12.1. The van der Waals surface area contributed by atoms with Crippen molar-refractivity contribution in [1.29, 1.82) is 0 Å². The zero-order valence-corrected chi connectivity index (χ0v) is 13.1. The summed E-state index contributed by atoms with van der Waals surface area (Å²) < 4.78 is 1.60. The lowest BCUT2D eigenvalue weighted by molar-refractivity contribution is -0.120. The summed E-state index contributed by atoms with van der Waals surface area (Å²) in [6.45, 7) is 0.850. The topological polar surface area (TPSA) is 72.7 Å². The molecule has 120 valence electrons. The van der Waals surface area contributed by atoms with E-state index in [0.717, 1.165) is 29.6 Å². The van der Waals surface area contributed by atoms with E-state index in [1.165, 1.54) is 25.7 Å². The van der Waals surface area contributed by atoms with Gasteiger partial charge in [-0.3, -0.25) is 4.79 Å². The van der Waals surface area contributed by atoms with Gasteiger partial charge in [0.05, 0.1) is 12.1 Å². The molecule has 6 heteroatoms. The monoisotopic (exact) mass is 311 g/mol. The quantitative estimate of drug-likeness (QED) is 0.913. The second kappa shape index (κ2) is 6.10.